The quantitative estimate of drug-likeness (QED) is 0.401. The van der Waals surface area contributed by atoms with Gasteiger partial charge in [-0.15, -0.1) is 11.8 Å². The van der Waals surface area contributed by atoms with E-state index in [1.54, 1.807) is 51.4 Å². The standard InChI is InChI=1S/C22H25NO4S/c1-14-10-11-15(2)18(12-14)21(25)16(3)27-22(26)17-8-6-7-9-19(17)28-13-20(24)23(4)5/h6-12,16H,13H2,1-5H3/t16-/m0/s1. The number of Topliss-reactive ketones (excluding diaryl/α,β-unsaturated/α-hetero) is 1. The van der Waals surface area contributed by atoms with Gasteiger partial charge in [-0.05, 0) is 44.5 Å². The molecule has 0 fully saturated rings. The summed E-state index contributed by atoms with van der Waals surface area (Å²) in [7, 11) is 3.37. The van der Waals surface area contributed by atoms with Crippen LogP contribution in [0.15, 0.2) is 47.4 Å². The summed E-state index contributed by atoms with van der Waals surface area (Å²) in [6.07, 6.45) is -0.908. The maximum Gasteiger partial charge on any atom is 0.339 e. The summed E-state index contributed by atoms with van der Waals surface area (Å²) in [5.74, 6) is -0.644. The monoisotopic (exact) mass is 399 g/mol. The van der Waals surface area contributed by atoms with Crippen molar-refractivity contribution in [2.75, 3.05) is 19.8 Å². The normalized spacial score (nSPS) is 11.6. The number of hydrogen-bond acceptors (Lipinski definition) is 5. The predicted molar refractivity (Wildman–Crippen MR) is 111 cm³/mol. The van der Waals surface area contributed by atoms with Gasteiger partial charge >= 0.3 is 5.97 Å². The van der Waals surface area contributed by atoms with E-state index < -0.39 is 12.1 Å². The third kappa shape index (κ3) is 5.45. The minimum Gasteiger partial charge on any atom is -0.451 e. The van der Waals surface area contributed by atoms with Crippen LogP contribution < -0.4 is 0 Å². The lowest BCUT2D eigenvalue weighted by Crippen LogP contribution is -2.25. The van der Waals surface area contributed by atoms with Gasteiger partial charge in [0, 0.05) is 24.6 Å². The summed E-state index contributed by atoms with van der Waals surface area (Å²) in [6, 6.07) is 12.5. The molecule has 0 saturated heterocycles. The first-order valence-electron chi connectivity index (χ1n) is 8.95. The highest BCUT2D eigenvalue weighted by Crippen LogP contribution is 2.24. The molecule has 0 unspecified atom stereocenters. The molecule has 0 saturated carbocycles. The van der Waals surface area contributed by atoms with Gasteiger partial charge in [0.25, 0.3) is 0 Å². The number of carbonyl (C=O) groups excluding carboxylic acids is 3. The Balaban J connectivity index is 2.13. The molecular formula is C22H25NO4S. The average molecular weight is 400 g/mol. The molecule has 0 aliphatic carbocycles. The second kappa shape index (κ2) is 9.55. The molecule has 0 heterocycles. The van der Waals surface area contributed by atoms with E-state index in [9.17, 15) is 14.4 Å². The zero-order chi connectivity index (χ0) is 20.8. The number of ketones is 1. The van der Waals surface area contributed by atoms with Gasteiger partial charge in [0.2, 0.25) is 11.7 Å². The van der Waals surface area contributed by atoms with Crippen LogP contribution in [0.1, 0.15) is 38.8 Å². The van der Waals surface area contributed by atoms with Crippen molar-refractivity contribution in [3.05, 3.63) is 64.7 Å². The Kier molecular flexibility index (Phi) is 7.40. The summed E-state index contributed by atoms with van der Waals surface area (Å²) < 4.78 is 5.45. The number of benzene rings is 2. The van der Waals surface area contributed by atoms with Crippen LogP contribution in [0.5, 0.6) is 0 Å². The topological polar surface area (TPSA) is 63.7 Å². The molecule has 0 aliphatic rings. The van der Waals surface area contributed by atoms with Gasteiger partial charge < -0.3 is 9.64 Å². The molecule has 28 heavy (non-hydrogen) atoms. The molecule has 0 radical (unpaired) electrons. The number of rotatable bonds is 7. The van der Waals surface area contributed by atoms with E-state index in [1.807, 2.05) is 26.0 Å². The number of thioether (sulfide) groups is 1. The third-order valence-corrected chi connectivity index (χ3v) is 5.33. The van der Waals surface area contributed by atoms with Crippen LogP contribution in [0.2, 0.25) is 0 Å². The second-order valence-corrected chi connectivity index (χ2v) is 7.82. The fourth-order valence-electron chi connectivity index (χ4n) is 2.53. The molecule has 2 aromatic carbocycles. The zero-order valence-corrected chi connectivity index (χ0v) is 17.6. The summed E-state index contributed by atoms with van der Waals surface area (Å²) in [5.41, 5.74) is 2.72. The summed E-state index contributed by atoms with van der Waals surface area (Å²) >= 11 is 1.27. The molecule has 6 heteroatoms. The molecule has 2 rings (SSSR count). The lowest BCUT2D eigenvalue weighted by Gasteiger charge is -2.16. The molecule has 148 valence electrons. The third-order valence-electron chi connectivity index (χ3n) is 4.27. The van der Waals surface area contributed by atoms with Crippen molar-refractivity contribution in [2.45, 2.75) is 31.8 Å². The van der Waals surface area contributed by atoms with Gasteiger partial charge in [0.15, 0.2) is 6.10 Å². The first kappa shape index (κ1) is 21.7. The molecule has 2 aromatic rings. The molecular weight excluding hydrogens is 374 g/mol. The fraction of sp³-hybridized carbons (Fsp3) is 0.318. The summed E-state index contributed by atoms with van der Waals surface area (Å²) in [5, 5.41) is 0. The number of amides is 1. The zero-order valence-electron chi connectivity index (χ0n) is 16.8. The van der Waals surface area contributed by atoms with Crippen LogP contribution in [0, 0.1) is 13.8 Å². The maximum atomic E-state index is 12.7. The van der Waals surface area contributed by atoms with Gasteiger partial charge in [-0.3, -0.25) is 9.59 Å². The largest absolute Gasteiger partial charge is 0.451 e. The van der Waals surface area contributed by atoms with Crippen LogP contribution in [0.4, 0.5) is 0 Å². The highest BCUT2D eigenvalue weighted by molar-refractivity contribution is 8.00. The van der Waals surface area contributed by atoms with Crippen LogP contribution in [0.3, 0.4) is 0 Å². The lowest BCUT2D eigenvalue weighted by atomic mass is 9.99. The molecule has 0 aliphatic heterocycles. The summed E-state index contributed by atoms with van der Waals surface area (Å²) in [4.78, 5) is 39.4. The molecule has 1 amide bonds. The number of esters is 1. The minimum atomic E-state index is -0.908. The van der Waals surface area contributed by atoms with Gasteiger partial charge in [0.05, 0.1) is 11.3 Å². The van der Waals surface area contributed by atoms with E-state index >= 15 is 0 Å². The SMILES string of the molecule is Cc1ccc(C)c(C(=O)[C@H](C)OC(=O)c2ccccc2SCC(=O)N(C)C)c1. The highest BCUT2D eigenvalue weighted by Gasteiger charge is 2.23. The number of carbonyl (C=O) groups is 3. The Bertz CT molecular complexity index is 892. The number of ether oxygens (including phenoxy) is 1. The average Bonchev–Trinajstić information content (AvgIpc) is 2.67. The van der Waals surface area contributed by atoms with E-state index in [-0.39, 0.29) is 17.4 Å². The maximum absolute atomic E-state index is 12.7. The fourth-order valence-corrected chi connectivity index (χ4v) is 3.55. The Hall–Kier alpha value is -2.60. The lowest BCUT2D eigenvalue weighted by molar-refractivity contribution is -0.125. The Morgan fingerprint density at radius 3 is 2.39 bits per heavy atom. The molecule has 0 aromatic heterocycles. The molecule has 0 N–H and O–H groups in total. The first-order chi connectivity index (χ1) is 13.2. The molecule has 1 atom stereocenters. The van der Waals surface area contributed by atoms with Gasteiger partial charge in [0.1, 0.15) is 0 Å². The van der Waals surface area contributed by atoms with E-state index in [0.717, 1.165) is 11.1 Å². The Morgan fingerprint density at radius 1 is 1.04 bits per heavy atom. The van der Waals surface area contributed by atoms with Crippen molar-refractivity contribution in [1.29, 1.82) is 0 Å². The number of aryl methyl sites for hydroxylation is 2. The van der Waals surface area contributed by atoms with Gasteiger partial charge in [-0.2, -0.15) is 0 Å². The summed E-state index contributed by atoms with van der Waals surface area (Å²) in [6.45, 7) is 5.34. The van der Waals surface area contributed by atoms with Crippen LogP contribution >= 0.6 is 11.8 Å². The van der Waals surface area contributed by atoms with Gasteiger partial charge in [-0.1, -0.05) is 29.8 Å². The van der Waals surface area contributed by atoms with Crippen molar-refractivity contribution in [1.82, 2.24) is 4.90 Å². The number of hydrogen-bond donors (Lipinski definition) is 0. The predicted octanol–water partition coefficient (Wildman–Crippen LogP) is 3.91. The highest BCUT2D eigenvalue weighted by atomic mass is 32.2. The van der Waals surface area contributed by atoms with E-state index in [4.69, 9.17) is 4.74 Å². The molecule has 0 spiro atoms. The van der Waals surface area contributed by atoms with Crippen LogP contribution in [0.25, 0.3) is 0 Å². The first-order valence-corrected chi connectivity index (χ1v) is 9.93. The van der Waals surface area contributed by atoms with Crippen molar-refractivity contribution in [2.24, 2.45) is 0 Å². The Morgan fingerprint density at radius 2 is 1.71 bits per heavy atom. The molecule has 0 bridgehead atoms. The molecule has 5 nitrogen and oxygen atoms in total. The van der Waals surface area contributed by atoms with E-state index in [2.05, 4.69) is 0 Å². The van der Waals surface area contributed by atoms with Crippen molar-refractivity contribution in [3.63, 3.8) is 0 Å². The second-order valence-electron chi connectivity index (χ2n) is 6.80. The smallest absolute Gasteiger partial charge is 0.339 e. The Labute approximate surface area is 170 Å². The van der Waals surface area contributed by atoms with Crippen molar-refractivity contribution < 1.29 is 19.1 Å². The van der Waals surface area contributed by atoms with Crippen LogP contribution in [-0.2, 0) is 9.53 Å². The van der Waals surface area contributed by atoms with E-state index in [0.29, 0.717) is 16.0 Å². The van der Waals surface area contributed by atoms with Gasteiger partial charge in [-0.25, -0.2) is 4.79 Å². The van der Waals surface area contributed by atoms with Crippen molar-refractivity contribution >= 4 is 29.4 Å². The van der Waals surface area contributed by atoms with Crippen molar-refractivity contribution in [3.8, 4) is 0 Å². The number of nitrogens with zero attached hydrogens (tertiary/aromatic N) is 1. The minimum absolute atomic E-state index is 0.0494. The van der Waals surface area contributed by atoms with Crippen LogP contribution in [-0.4, -0.2) is 48.5 Å². The van der Waals surface area contributed by atoms with E-state index in [1.165, 1.54) is 16.7 Å².